The smallest absolute Gasteiger partial charge is 0.323 e. The Balaban J connectivity index is 1.73. The molecule has 0 bridgehead atoms. The number of hydrogen-bond donors (Lipinski definition) is 1. The highest BCUT2D eigenvalue weighted by Gasteiger charge is 2.30. The molecule has 110 valence electrons. The van der Waals surface area contributed by atoms with Crippen LogP contribution in [-0.2, 0) is 16.1 Å². The Bertz CT molecular complexity index is 616. The fourth-order valence-electron chi connectivity index (χ4n) is 2.15. The molecule has 1 fully saturated rings. The van der Waals surface area contributed by atoms with Crippen molar-refractivity contribution in [2.24, 2.45) is 0 Å². The first kappa shape index (κ1) is 13.7. The molecule has 8 heteroatoms. The van der Waals surface area contributed by atoms with Gasteiger partial charge in [0.2, 0.25) is 11.7 Å². The molecule has 3 rings (SSSR count). The molecule has 0 saturated carbocycles. The number of morpholine rings is 1. The molecular formula is C13H14N4O4. The molecule has 0 spiro atoms. The standard InChI is InChI=1S/C13H14N4O4/c18-13(19)10-8-20-6-5-17(10)7-11-15-12(16-21-11)9-3-1-2-4-14-9/h1-4,10H,5-8H2,(H,18,19). The van der Waals surface area contributed by atoms with Crippen LogP contribution >= 0.6 is 0 Å². The lowest BCUT2D eigenvalue weighted by Crippen LogP contribution is -2.49. The van der Waals surface area contributed by atoms with Crippen LogP contribution < -0.4 is 0 Å². The predicted molar refractivity (Wildman–Crippen MR) is 70.2 cm³/mol. The van der Waals surface area contributed by atoms with E-state index in [1.165, 1.54) is 0 Å². The second-order valence-electron chi connectivity index (χ2n) is 4.63. The van der Waals surface area contributed by atoms with Gasteiger partial charge in [-0.15, -0.1) is 0 Å². The van der Waals surface area contributed by atoms with Gasteiger partial charge >= 0.3 is 5.97 Å². The van der Waals surface area contributed by atoms with Crippen LogP contribution in [0.4, 0.5) is 0 Å². The molecule has 0 radical (unpaired) electrons. The molecule has 2 aromatic rings. The predicted octanol–water partition coefficient (Wildman–Crippen LogP) is 0.417. The number of carboxylic acids is 1. The molecule has 21 heavy (non-hydrogen) atoms. The highest BCUT2D eigenvalue weighted by Crippen LogP contribution is 2.15. The van der Waals surface area contributed by atoms with Crippen molar-refractivity contribution in [3.8, 4) is 11.5 Å². The molecule has 0 aliphatic carbocycles. The zero-order valence-corrected chi connectivity index (χ0v) is 11.2. The second kappa shape index (κ2) is 5.98. The number of pyridine rings is 1. The number of rotatable bonds is 4. The zero-order chi connectivity index (χ0) is 14.7. The maximum Gasteiger partial charge on any atom is 0.323 e. The van der Waals surface area contributed by atoms with Crippen molar-refractivity contribution in [2.75, 3.05) is 19.8 Å². The summed E-state index contributed by atoms with van der Waals surface area (Å²) in [4.78, 5) is 21.3. The third kappa shape index (κ3) is 3.06. The lowest BCUT2D eigenvalue weighted by Gasteiger charge is -2.31. The number of ether oxygens (including phenoxy) is 1. The maximum atomic E-state index is 11.2. The summed E-state index contributed by atoms with van der Waals surface area (Å²) in [6.45, 7) is 1.44. The fraction of sp³-hybridized carbons (Fsp3) is 0.385. The van der Waals surface area contributed by atoms with Crippen molar-refractivity contribution in [3.05, 3.63) is 30.3 Å². The van der Waals surface area contributed by atoms with E-state index in [4.69, 9.17) is 9.26 Å². The fourth-order valence-corrected chi connectivity index (χ4v) is 2.15. The normalized spacial score (nSPS) is 19.5. The average molecular weight is 290 g/mol. The van der Waals surface area contributed by atoms with Crippen molar-refractivity contribution >= 4 is 5.97 Å². The van der Waals surface area contributed by atoms with Crippen LogP contribution in [0.5, 0.6) is 0 Å². The Morgan fingerprint density at radius 1 is 1.48 bits per heavy atom. The molecule has 2 aromatic heterocycles. The van der Waals surface area contributed by atoms with Crippen LogP contribution in [-0.4, -0.2) is 56.9 Å². The molecule has 0 aromatic carbocycles. The highest BCUT2D eigenvalue weighted by atomic mass is 16.5. The van der Waals surface area contributed by atoms with E-state index in [-0.39, 0.29) is 13.2 Å². The Labute approximate surface area is 120 Å². The van der Waals surface area contributed by atoms with E-state index in [9.17, 15) is 9.90 Å². The molecule has 1 N–H and O–H groups in total. The molecule has 0 amide bonds. The lowest BCUT2D eigenvalue weighted by molar-refractivity contribution is -0.150. The van der Waals surface area contributed by atoms with Gasteiger partial charge in [0.25, 0.3) is 0 Å². The third-order valence-electron chi connectivity index (χ3n) is 3.22. The van der Waals surface area contributed by atoms with E-state index < -0.39 is 12.0 Å². The first-order valence-corrected chi connectivity index (χ1v) is 6.52. The number of hydrogen-bond acceptors (Lipinski definition) is 7. The molecule has 1 aliphatic rings. The summed E-state index contributed by atoms with van der Waals surface area (Å²) in [6.07, 6.45) is 1.65. The Kier molecular flexibility index (Phi) is 3.89. The van der Waals surface area contributed by atoms with Crippen LogP contribution in [0.3, 0.4) is 0 Å². The summed E-state index contributed by atoms with van der Waals surface area (Å²) < 4.78 is 10.4. The minimum Gasteiger partial charge on any atom is -0.480 e. The average Bonchev–Trinajstić information content (AvgIpc) is 2.97. The van der Waals surface area contributed by atoms with Crippen molar-refractivity contribution in [3.63, 3.8) is 0 Å². The van der Waals surface area contributed by atoms with Crippen LogP contribution in [0, 0.1) is 0 Å². The summed E-state index contributed by atoms with van der Waals surface area (Å²) in [5.74, 6) is -0.159. The van der Waals surface area contributed by atoms with E-state index in [0.29, 0.717) is 30.6 Å². The lowest BCUT2D eigenvalue weighted by atomic mass is 10.2. The van der Waals surface area contributed by atoms with E-state index >= 15 is 0 Å². The van der Waals surface area contributed by atoms with Crippen molar-refractivity contribution in [1.29, 1.82) is 0 Å². The van der Waals surface area contributed by atoms with Crippen LogP contribution in [0.15, 0.2) is 28.9 Å². The summed E-state index contributed by atoms with van der Waals surface area (Å²) in [5, 5.41) is 13.0. The first-order chi connectivity index (χ1) is 10.2. The van der Waals surface area contributed by atoms with E-state index in [1.54, 1.807) is 23.2 Å². The van der Waals surface area contributed by atoms with Gasteiger partial charge in [0, 0.05) is 12.7 Å². The molecule has 8 nitrogen and oxygen atoms in total. The number of carboxylic acid groups (broad SMARTS) is 1. The Hall–Kier alpha value is -2.32. The number of aromatic nitrogens is 3. The van der Waals surface area contributed by atoms with Crippen molar-refractivity contribution in [1.82, 2.24) is 20.0 Å². The minimum atomic E-state index is -0.917. The summed E-state index contributed by atoms with van der Waals surface area (Å²) in [7, 11) is 0. The van der Waals surface area contributed by atoms with Gasteiger partial charge in [-0.2, -0.15) is 4.98 Å². The number of carbonyl (C=O) groups is 1. The monoisotopic (exact) mass is 290 g/mol. The molecule has 1 atom stereocenters. The minimum absolute atomic E-state index is 0.163. The van der Waals surface area contributed by atoms with Crippen LogP contribution in [0.2, 0.25) is 0 Å². The number of aliphatic carboxylic acids is 1. The molecule has 1 unspecified atom stereocenters. The van der Waals surface area contributed by atoms with Gasteiger partial charge in [-0.3, -0.25) is 14.7 Å². The van der Waals surface area contributed by atoms with Crippen molar-refractivity contribution < 1.29 is 19.2 Å². The van der Waals surface area contributed by atoms with Gasteiger partial charge in [-0.05, 0) is 12.1 Å². The van der Waals surface area contributed by atoms with Gasteiger partial charge in [-0.1, -0.05) is 11.2 Å². The van der Waals surface area contributed by atoms with E-state index in [0.717, 1.165) is 0 Å². The molecular weight excluding hydrogens is 276 g/mol. The Morgan fingerprint density at radius 2 is 2.38 bits per heavy atom. The molecule has 3 heterocycles. The van der Waals surface area contributed by atoms with Gasteiger partial charge in [0.15, 0.2) is 0 Å². The van der Waals surface area contributed by atoms with Crippen LogP contribution in [0.25, 0.3) is 11.5 Å². The largest absolute Gasteiger partial charge is 0.480 e. The summed E-state index contributed by atoms with van der Waals surface area (Å²) >= 11 is 0. The topological polar surface area (TPSA) is 102 Å². The first-order valence-electron chi connectivity index (χ1n) is 6.52. The SMILES string of the molecule is O=C(O)C1COCCN1Cc1nc(-c2ccccn2)no1. The highest BCUT2D eigenvalue weighted by molar-refractivity contribution is 5.73. The van der Waals surface area contributed by atoms with Gasteiger partial charge in [-0.25, -0.2) is 0 Å². The maximum absolute atomic E-state index is 11.2. The quantitative estimate of drug-likeness (QED) is 0.864. The Morgan fingerprint density at radius 3 is 3.14 bits per heavy atom. The third-order valence-corrected chi connectivity index (χ3v) is 3.22. The van der Waals surface area contributed by atoms with Crippen molar-refractivity contribution in [2.45, 2.75) is 12.6 Å². The molecule has 1 aliphatic heterocycles. The molecule has 1 saturated heterocycles. The van der Waals surface area contributed by atoms with E-state index in [2.05, 4.69) is 15.1 Å². The summed E-state index contributed by atoms with van der Waals surface area (Å²) in [5.41, 5.74) is 0.615. The van der Waals surface area contributed by atoms with E-state index in [1.807, 2.05) is 6.07 Å². The second-order valence-corrected chi connectivity index (χ2v) is 4.63. The number of nitrogens with zero attached hydrogens (tertiary/aromatic N) is 4. The zero-order valence-electron chi connectivity index (χ0n) is 11.2. The van der Waals surface area contributed by atoms with Gasteiger partial charge in [0.1, 0.15) is 11.7 Å². The van der Waals surface area contributed by atoms with Gasteiger partial charge in [0.05, 0.1) is 19.8 Å². The van der Waals surface area contributed by atoms with Gasteiger partial charge < -0.3 is 14.4 Å². The summed E-state index contributed by atoms with van der Waals surface area (Å²) in [6, 6.07) is 4.73. The van der Waals surface area contributed by atoms with Crippen LogP contribution in [0.1, 0.15) is 5.89 Å².